The number of fused-ring (bicyclic) bond motifs is 7. The summed E-state index contributed by atoms with van der Waals surface area (Å²) >= 11 is 0. The predicted octanol–water partition coefficient (Wildman–Crippen LogP) is 6.55. The van der Waals surface area contributed by atoms with Crippen LogP contribution in [0.2, 0.25) is 0 Å². The van der Waals surface area contributed by atoms with E-state index < -0.39 is 5.41 Å². The second-order valence-corrected chi connectivity index (χ2v) is 14.3. The lowest BCUT2D eigenvalue weighted by Crippen LogP contribution is -2.66. The zero-order chi connectivity index (χ0) is 24.9. The third-order valence-corrected chi connectivity index (χ3v) is 13.0. The number of aliphatic hydroxyl groups excluding tert-OH is 1. The first-order chi connectivity index (χ1) is 15.8. The smallest absolute Gasteiger partial charge is 0.171 e. The van der Waals surface area contributed by atoms with E-state index in [2.05, 4.69) is 54.2 Å². The second-order valence-electron chi connectivity index (χ2n) is 14.3. The fourth-order valence-electron chi connectivity index (χ4n) is 11.2. The van der Waals surface area contributed by atoms with E-state index in [4.69, 9.17) is 0 Å². The van der Waals surface area contributed by atoms with Gasteiger partial charge in [-0.1, -0.05) is 52.8 Å². The minimum Gasteiger partial charge on any atom is -0.396 e. The van der Waals surface area contributed by atoms with Crippen LogP contribution in [-0.4, -0.2) is 23.8 Å². The molecule has 4 saturated carbocycles. The SMILES string of the molecule is C=C(C)[C@@H]1CC[C@]2(CO)CC[C@]3(C)[C@H](CC[C@@H]4[C@@]5(C)C=C(C=O)C(=O)C(C)(C)[C@@H]5CC[C@]43C)[C@@H]12. The molecule has 0 aromatic heterocycles. The molecule has 0 bridgehead atoms. The minimum absolute atomic E-state index is 0.0362. The Labute approximate surface area is 206 Å². The molecule has 34 heavy (non-hydrogen) atoms. The monoisotopic (exact) mass is 466 g/mol. The molecule has 9 atom stereocenters. The van der Waals surface area contributed by atoms with Crippen LogP contribution in [0.1, 0.15) is 92.9 Å². The van der Waals surface area contributed by atoms with E-state index in [1.807, 2.05) is 0 Å². The molecule has 188 valence electrons. The highest BCUT2D eigenvalue weighted by atomic mass is 16.3. The summed E-state index contributed by atoms with van der Waals surface area (Å²) in [5, 5.41) is 10.7. The van der Waals surface area contributed by atoms with E-state index in [0.29, 0.717) is 35.9 Å². The van der Waals surface area contributed by atoms with Crippen molar-refractivity contribution in [3.63, 3.8) is 0 Å². The molecule has 5 rings (SSSR count). The minimum atomic E-state index is -0.492. The summed E-state index contributed by atoms with van der Waals surface area (Å²) in [5.74, 6) is 2.44. The number of Topliss-reactive ketones (excluding diaryl/α,β-unsaturated/α-hetero) is 1. The van der Waals surface area contributed by atoms with Gasteiger partial charge >= 0.3 is 0 Å². The van der Waals surface area contributed by atoms with Crippen molar-refractivity contribution in [1.29, 1.82) is 0 Å². The van der Waals surface area contributed by atoms with Crippen molar-refractivity contribution in [3.8, 4) is 0 Å². The molecule has 0 spiro atoms. The first-order valence-electron chi connectivity index (χ1n) is 13.8. The summed E-state index contributed by atoms with van der Waals surface area (Å²) in [6.45, 7) is 18.6. The molecule has 5 aliphatic rings. The molecular formula is C31H46O3. The quantitative estimate of drug-likeness (QED) is 0.291. The van der Waals surface area contributed by atoms with Crippen LogP contribution in [0.5, 0.6) is 0 Å². The maximum Gasteiger partial charge on any atom is 0.171 e. The van der Waals surface area contributed by atoms with E-state index in [1.54, 1.807) is 0 Å². The molecule has 0 saturated heterocycles. The van der Waals surface area contributed by atoms with Crippen molar-refractivity contribution in [2.45, 2.75) is 92.9 Å². The number of ketones is 1. The normalized spacial score (nSPS) is 51.4. The number of allylic oxidation sites excluding steroid dienone is 3. The van der Waals surface area contributed by atoms with Crippen molar-refractivity contribution in [2.75, 3.05) is 6.61 Å². The Bertz CT molecular complexity index is 960. The van der Waals surface area contributed by atoms with Crippen LogP contribution in [0, 0.1) is 56.7 Å². The summed E-state index contributed by atoms with van der Waals surface area (Å²) in [6, 6.07) is 0. The molecule has 0 heterocycles. The van der Waals surface area contributed by atoms with Gasteiger partial charge in [0.05, 0.1) is 5.57 Å². The van der Waals surface area contributed by atoms with Crippen LogP contribution in [-0.2, 0) is 9.59 Å². The van der Waals surface area contributed by atoms with Crippen LogP contribution in [0.3, 0.4) is 0 Å². The second kappa shape index (κ2) is 7.40. The Morgan fingerprint density at radius 3 is 2.32 bits per heavy atom. The van der Waals surface area contributed by atoms with Crippen LogP contribution in [0.4, 0.5) is 0 Å². The molecule has 4 fully saturated rings. The van der Waals surface area contributed by atoms with Crippen LogP contribution in [0.15, 0.2) is 23.8 Å². The Hall–Kier alpha value is -1.22. The summed E-state index contributed by atoms with van der Waals surface area (Å²) in [4.78, 5) is 25.1. The van der Waals surface area contributed by atoms with Gasteiger partial charge in [-0.2, -0.15) is 0 Å². The van der Waals surface area contributed by atoms with Gasteiger partial charge in [0, 0.05) is 12.0 Å². The predicted molar refractivity (Wildman–Crippen MR) is 136 cm³/mol. The highest BCUT2D eigenvalue weighted by Gasteiger charge is 2.70. The molecule has 5 aliphatic carbocycles. The Kier molecular flexibility index (Phi) is 5.33. The average Bonchev–Trinajstić information content (AvgIpc) is 3.17. The first-order valence-corrected chi connectivity index (χ1v) is 13.8. The van der Waals surface area contributed by atoms with Crippen LogP contribution < -0.4 is 0 Å². The van der Waals surface area contributed by atoms with E-state index in [9.17, 15) is 14.7 Å². The standard InChI is InChI=1S/C31H46O3/c1-19(2)21-10-13-31(18-33)15-14-29(6)22(25(21)31)8-9-24-28(5)16-20(17-32)26(34)27(3,4)23(28)11-12-30(24,29)7/h16-17,21-25,33H,1,8-15,18H2,2-7H3/t21-,22+,23-,24+,25+,28-,29+,30+,31+/m0/s1. The number of aldehydes is 1. The lowest BCUT2D eigenvalue weighted by Gasteiger charge is -2.71. The highest BCUT2D eigenvalue weighted by Crippen LogP contribution is 2.76. The highest BCUT2D eigenvalue weighted by molar-refractivity contribution is 6.15. The molecule has 1 N–H and O–H groups in total. The van der Waals surface area contributed by atoms with Gasteiger partial charge in [-0.15, -0.1) is 0 Å². The van der Waals surface area contributed by atoms with Gasteiger partial charge in [0.1, 0.15) is 0 Å². The van der Waals surface area contributed by atoms with Gasteiger partial charge < -0.3 is 5.11 Å². The molecular weight excluding hydrogens is 420 g/mol. The largest absolute Gasteiger partial charge is 0.396 e. The van der Waals surface area contributed by atoms with Crippen molar-refractivity contribution in [1.82, 2.24) is 0 Å². The molecule has 0 aliphatic heterocycles. The zero-order valence-electron chi connectivity index (χ0n) is 22.4. The summed E-state index contributed by atoms with van der Waals surface area (Å²) in [6.07, 6.45) is 12.1. The maximum atomic E-state index is 13.2. The lowest BCUT2D eigenvalue weighted by molar-refractivity contribution is -0.221. The van der Waals surface area contributed by atoms with Crippen LogP contribution >= 0.6 is 0 Å². The van der Waals surface area contributed by atoms with Crippen molar-refractivity contribution >= 4 is 12.1 Å². The fourth-order valence-corrected chi connectivity index (χ4v) is 11.2. The van der Waals surface area contributed by atoms with Crippen molar-refractivity contribution in [2.24, 2.45) is 56.7 Å². The van der Waals surface area contributed by atoms with Crippen molar-refractivity contribution < 1.29 is 14.7 Å². The Morgan fingerprint density at radius 1 is 1.00 bits per heavy atom. The molecule has 3 heteroatoms. The van der Waals surface area contributed by atoms with Crippen molar-refractivity contribution in [3.05, 3.63) is 23.8 Å². The number of aliphatic hydroxyl groups is 1. The molecule has 0 unspecified atom stereocenters. The fraction of sp³-hybridized carbons (Fsp3) is 0.806. The Balaban J connectivity index is 1.60. The maximum absolute atomic E-state index is 13.2. The first kappa shape index (κ1) is 24.5. The van der Waals surface area contributed by atoms with E-state index >= 15 is 0 Å². The average molecular weight is 467 g/mol. The van der Waals surface area contributed by atoms with Gasteiger partial charge in [0.15, 0.2) is 12.1 Å². The number of rotatable bonds is 3. The number of hydrogen-bond acceptors (Lipinski definition) is 3. The molecule has 0 aromatic rings. The third-order valence-electron chi connectivity index (χ3n) is 13.0. The molecule has 0 amide bonds. The number of carbonyl (C=O) groups excluding carboxylic acids is 2. The van der Waals surface area contributed by atoms with Gasteiger partial charge in [0.25, 0.3) is 0 Å². The van der Waals surface area contributed by atoms with E-state index in [0.717, 1.165) is 38.4 Å². The number of carbonyl (C=O) groups is 2. The van der Waals surface area contributed by atoms with Gasteiger partial charge in [-0.05, 0) is 110 Å². The number of hydrogen-bond donors (Lipinski definition) is 1. The van der Waals surface area contributed by atoms with Gasteiger partial charge in [-0.3, -0.25) is 9.59 Å². The van der Waals surface area contributed by atoms with Gasteiger partial charge in [0.2, 0.25) is 0 Å². The zero-order valence-corrected chi connectivity index (χ0v) is 22.4. The van der Waals surface area contributed by atoms with Crippen LogP contribution in [0.25, 0.3) is 0 Å². The molecule has 0 aromatic carbocycles. The summed E-state index contributed by atoms with van der Waals surface area (Å²) in [5.41, 5.74) is 1.51. The van der Waals surface area contributed by atoms with Gasteiger partial charge in [-0.25, -0.2) is 0 Å². The van der Waals surface area contributed by atoms with E-state index in [1.165, 1.54) is 24.8 Å². The molecule has 3 nitrogen and oxygen atoms in total. The summed E-state index contributed by atoms with van der Waals surface area (Å²) in [7, 11) is 0. The van der Waals surface area contributed by atoms with E-state index in [-0.39, 0.29) is 33.4 Å². The lowest BCUT2D eigenvalue weighted by atomic mass is 9.33. The molecule has 0 radical (unpaired) electrons. The summed E-state index contributed by atoms with van der Waals surface area (Å²) < 4.78 is 0. The third kappa shape index (κ3) is 2.74. The topological polar surface area (TPSA) is 54.4 Å². The Morgan fingerprint density at radius 2 is 1.71 bits per heavy atom.